The number of benzene rings is 2. The summed E-state index contributed by atoms with van der Waals surface area (Å²) in [7, 11) is 1.43. The van der Waals surface area contributed by atoms with Crippen LogP contribution in [0.4, 0.5) is 0 Å². The standard InChI is InChI=1S/C23H22N2O5/c1-15-19(16(2)25(24-15)18-7-5-4-6-8-18)10-11-20(26)17-9-12-21(22(13-17)29-3)30-14-23(27)28/h4-13H,14H2,1-3H3,(H,27,28)/b11-10+. The maximum Gasteiger partial charge on any atom is 0.341 e. The Morgan fingerprint density at radius 1 is 1.10 bits per heavy atom. The molecule has 0 unspecified atom stereocenters. The molecular formula is C23H22N2O5. The Hall–Kier alpha value is -3.87. The van der Waals surface area contributed by atoms with Crippen molar-refractivity contribution < 1.29 is 24.2 Å². The van der Waals surface area contributed by atoms with Gasteiger partial charge in [-0.25, -0.2) is 9.48 Å². The smallest absolute Gasteiger partial charge is 0.341 e. The number of para-hydroxylation sites is 1. The summed E-state index contributed by atoms with van der Waals surface area (Å²) < 4.78 is 12.2. The highest BCUT2D eigenvalue weighted by Gasteiger charge is 2.13. The van der Waals surface area contributed by atoms with E-state index in [9.17, 15) is 9.59 Å². The highest BCUT2D eigenvalue weighted by molar-refractivity contribution is 6.07. The summed E-state index contributed by atoms with van der Waals surface area (Å²) in [4.78, 5) is 23.3. The van der Waals surface area contributed by atoms with Crippen LogP contribution in [0.2, 0.25) is 0 Å². The van der Waals surface area contributed by atoms with E-state index in [0.717, 1.165) is 22.6 Å². The van der Waals surface area contributed by atoms with Gasteiger partial charge in [0.2, 0.25) is 0 Å². The molecule has 0 saturated heterocycles. The third-order valence-electron chi connectivity index (χ3n) is 4.55. The summed E-state index contributed by atoms with van der Waals surface area (Å²) in [6.07, 6.45) is 3.24. The fourth-order valence-corrected chi connectivity index (χ4v) is 3.05. The van der Waals surface area contributed by atoms with Crippen molar-refractivity contribution in [2.45, 2.75) is 13.8 Å². The Balaban J connectivity index is 1.82. The van der Waals surface area contributed by atoms with E-state index in [-0.39, 0.29) is 11.5 Å². The van der Waals surface area contributed by atoms with Crippen LogP contribution in [0.1, 0.15) is 27.3 Å². The SMILES string of the molecule is COc1cc(C(=O)/C=C/c2c(C)nn(-c3ccccc3)c2C)ccc1OCC(=O)O. The van der Waals surface area contributed by atoms with E-state index in [1.165, 1.54) is 25.3 Å². The number of carbonyl (C=O) groups excluding carboxylic acids is 1. The van der Waals surface area contributed by atoms with Crippen molar-refractivity contribution in [3.63, 3.8) is 0 Å². The summed E-state index contributed by atoms with van der Waals surface area (Å²) in [5.74, 6) is -0.762. The number of carboxylic acids is 1. The highest BCUT2D eigenvalue weighted by Crippen LogP contribution is 2.28. The number of rotatable bonds is 8. The molecule has 0 aliphatic heterocycles. The maximum absolute atomic E-state index is 12.7. The van der Waals surface area contributed by atoms with Crippen LogP contribution in [0, 0.1) is 13.8 Å². The number of nitrogens with zero attached hydrogens (tertiary/aromatic N) is 2. The first-order valence-electron chi connectivity index (χ1n) is 9.27. The molecule has 0 atom stereocenters. The molecule has 0 aliphatic carbocycles. The van der Waals surface area contributed by atoms with Gasteiger partial charge in [-0.3, -0.25) is 4.79 Å². The van der Waals surface area contributed by atoms with E-state index < -0.39 is 12.6 Å². The topological polar surface area (TPSA) is 90.6 Å². The molecule has 0 bridgehead atoms. The minimum absolute atomic E-state index is 0.218. The quantitative estimate of drug-likeness (QED) is 0.451. The van der Waals surface area contributed by atoms with Gasteiger partial charge in [-0.15, -0.1) is 0 Å². The molecule has 1 N–H and O–H groups in total. The Morgan fingerprint density at radius 2 is 1.83 bits per heavy atom. The zero-order chi connectivity index (χ0) is 21.7. The second kappa shape index (κ2) is 9.09. The first kappa shape index (κ1) is 20.9. The number of hydrogen-bond acceptors (Lipinski definition) is 5. The number of ketones is 1. The van der Waals surface area contributed by atoms with E-state index in [0.29, 0.717) is 11.3 Å². The predicted octanol–water partition coefficient (Wildman–Crippen LogP) is 3.86. The van der Waals surface area contributed by atoms with Crippen LogP contribution in [0.3, 0.4) is 0 Å². The van der Waals surface area contributed by atoms with Crippen molar-refractivity contribution in [1.29, 1.82) is 0 Å². The molecule has 1 heterocycles. The van der Waals surface area contributed by atoms with Crippen molar-refractivity contribution in [2.75, 3.05) is 13.7 Å². The Bertz CT molecular complexity index is 1100. The van der Waals surface area contributed by atoms with Gasteiger partial charge in [0.15, 0.2) is 23.9 Å². The molecule has 0 aliphatic rings. The second-order valence-electron chi connectivity index (χ2n) is 6.58. The minimum Gasteiger partial charge on any atom is -0.493 e. The summed E-state index contributed by atoms with van der Waals surface area (Å²) >= 11 is 0. The van der Waals surface area contributed by atoms with Gasteiger partial charge in [0.25, 0.3) is 0 Å². The number of carbonyl (C=O) groups is 2. The van der Waals surface area contributed by atoms with Crippen LogP contribution in [0.25, 0.3) is 11.8 Å². The van der Waals surface area contributed by atoms with Crippen LogP contribution in [-0.2, 0) is 4.79 Å². The van der Waals surface area contributed by atoms with Gasteiger partial charge < -0.3 is 14.6 Å². The van der Waals surface area contributed by atoms with Crippen molar-refractivity contribution >= 4 is 17.8 Å². The zero-order valence-electron chi connectivity index (χ0n) is 17.0. The molecular weight excluding hydrogens is 384 g/mol. The minimum atomic E-state index is -1.10. The molecule has 0 spiro atoms. The average Bonchev–Trinajstić information content (AvgIpc) is 3.04. The molecule has 7 heteroatoms. The number of carboxylic acid groups (broad SMARTS) is 1. The maximum atomic E-state index is 12.7. The predicted molar refractivity (Wildman–Crippen MR) is 113 cm³/mol. The van der Waals surface area contributed by atoms with Gasteiger partial charge in [-0.1, -0.05) is 18.2 Å². The third-order valence-corrected chi connectivity index (χ3v) is 4.55. The number of aryl methyl sites for hydroxylation is 1. The first-order chi connectivity index (χ1) is 14.4. The van der Waals surface area contributed by atoms with Gasteiger partial charge in [0.1, 0.15) is 0 Å². The molecule has 1 aromatic heterocycles. The lowest BCUT2D eigenvalue weighted by molar-refractivity contribution is -0.139. The summed E-state index contributed by atoms with van der Waals surface area (Å²) in [5.41, 5.74) is 3.97. The molecule has 3 aromatic rings. The van der Waals surface area contributed by atoms with E-state index >= 15 is 0 Å². The number of aromatic nitrogens is 2. The van der Waals surface area contributed by atoms with Crippen LogP contribution in [-0.4, -0.2) is 40.4 Å². The number of allylic oxidation sites excluding steroid dienone is 1. The molecule has 30 heavy (non-hydrogen) atoms. The summed E-state index contributed by atoms with van der Waals surface area (Å²) in [6.45, 7) is 3.36. The number of methoxy groups -OCH3 is 1. The number of hydrogen-bond donors (Lipinski definition) is 1. The molecule has 7 nitrogen and oxygen atoms in total. The van der Waals surface area contributed by atoms with Crippen molar-refractivity contribution in [2.24, 2.45) is 0 Å². The number of aliphatic carboxylic acids is 1. The summed E-state index contributed by atoms with van der Waals surface area (Å²) in [5, 5.41) is 13.3. The van der Waals surface area contributed by atoms with E-state index in [1.807, 2.05) is 48.9 Å². The Labute approximate surface area is 174 Å². The van der Waals surface area contributed by atoms with Gasteiger partial charge in [-0.05, 0) is 56.3 Å². The lowest BCUT2D eigenvalue weighted by Gasteiger charge is -2.10. The van der Waals surface area contributed by atoms with Gasteiger partial charge in [-0.2, -0.15) is 5.10 Å². The third kappa shape index (κ3) is 4.57. The highest BCUT2D eigenvalue weighted by atomic mass is 16.5. The molecule has 0 radical (unpaired) electrons. The van der Waals surface area contributed by atoms with Crippen molar-refractivity contribution in [3.05, 3.63) is 77.1 Å². The average molecular weight is 406 g/mol. The normalized spacial score (nSPS) is 10.9. The fraction of sp³-hybridized carbons (Fsp3) is 0.174. The second-order valence-corrected chi connectivity index (χ2v) is 6.58. The monoisotopic (exact) mass is 406 g/mol. The lowest BCUT2D eigenvalue weighted by Crippen LogP contribution is -2.10. The molecule has 0 saturated carbocycles. The largest absolute Gasteiger partial charge is 0.493 e. The summed E-state index contributed by atoms with van der Waals surface area (Å²) in [6, 6.07) is 14.4. The Morgan fingerprint density at radius 3 is 2.50 bits per heavy atom. The van der Waals surface area contributed by atoms with E-state index in [2.05, 4.69) is 5.10 Å². The fourth-order valence-electron chi connectivity index (χ4n) is 3.05. The van der Waals surface area contributed by atoms with Crippen LogP contribution in [0.5, 0.6) is 11.5 Å². The van der Waals surface area contributed by atoms with Gasteiger partial charge in [0, 0.05) is 16.8 Å². The molecule has 0 amide bonds. The van der Waals surface area contributed by atoms with Crippen LogP contribution < -0.4 is 9.47 Å². The van der Waals surface area contributed by atoms with Gasteiger partial charge >= 0.3 is 5.97 Å². The molecule has 154 valence electrons. The lowest BCUT2D eigenvalue weighted by atomic mass is 10.1. The molecule has 0 fully saturated rings. The van der Waals surface area contributed by atoms with Crippen molar-refractivity contribution in [1.82, 2.24) is 9.78 Å². The van der Waals surface area contributed by atoms with E-state index in [4.69, 9.17) is 14.6 Å². The zero-order valence-corrected chi connectivity index (χ0v) is 17.0. The Kier molecular flexibility index (Phi) is 6.32. The van der Waals surface area contributed by atoms with E-state index in [1.54, 1.807) is 12.1 Å². The van der Waals surface area contributed by atoms with Crippen molar-refractivity contribution in [3.8, 4) is 17.2 Å². The molecule has 2 aromatic carbocycles. The number of ether oxygens (including phenoxy) is 2. The molecule has 3 rings (SSSR count). The van der Waals surface area contributed by atoms with Crippen LogP contribution >= 0.6 is 0 Å². The first-order valence-corrected chi connectivity index (χ1v) is 9.27. The van der Waals surface area contributed by atoms with Crippen LogP contribution in [0.15, 0.2) is 54.6 Å². The van der Waals surface area contributed by atoms with Gasteiger partial charge in [0.05, 0.1) is 18.5 Å².